The standard InChI is InChI=1S/C14H17ClN2O3/c1-9(8-18)7-16-13(19)14(20)17-6-5-10-11(15)3-2-4-12(10)17/h2-4,9,18H,5-8H2,1H3,(H,16,19). The number of amides is 2. The zero-order valence-corrected chi connectivity index (χ0v) is 12.0. The highest BCUT2D eigenvalue weighted by Crippen LogP contribution is 2.33. The summed E-state index contributed by atoms with van der Waals surface area (Å²) in [4.78, 5) is 25.4. The van der Waals surface area contributed by atoms with Crippen LogP contribution in [0.15, 0.2) is 18.2 Å². The molecule has 5 nitrogen and oxygen atoms in total. The summed E-state index contributed by atoms with van der Waals surface area (Å²) >= 11 is 6.07. The molecule has 2 rings (SSSR count). The second kappa shape index (κ2) is 6.24. The maximum atomic E-state index is 12.1. The molecule has 1 aromatic rings. The average molecular weight is 297 g/mol. The Morgan fingerprint density at radius 1 is 1.50 bits per heavy atom. The van der Waals surface area contributed by atoms with E-state index in [2.05, 4.69) is 5.32 Å². The van der Waals surface area contributed by atoms with Crippen molar-refractivity contribution in [3.8, 4) is 0 Å². The Bertz CT molecular complexity index is 533. The summed E-state index contributed by atoms with van der Waals surface area (Å²) in [6.07, 6.45) is 0.654. The molecule has 1 atom stereocenters. The topological polar surface area (TPSA) is 69.6 Å². The van der Waals surface area contributed by atoms with E-state index in [-0.39, 0.29) is 19.1 Å². The number of benzene rings is 1. The van der Waals surface area contributed by atoms with Crippen molar-refractivity contribution in [1.82, 2.24) is 5.32 Å². The van der Waals surface area contributed by atoms with Crippen LogP contribution in [0.25, 0.3) is 0 Å². The van der Waals surface area contributed by atoms with Crippen molar-refractivity contribution in [2.45, 2.75) is 13.3 Å². The number of halogens is 1. The number of anilines is 1. The SMILES string of the molecule is CC(CO)CNC(=O)C(=O)N1CCc2c(Cl)cccc21. The molecule has 0 aliphatic carbocycles. The number of hydrogen-bond donors (Lipinski definition) is 2. The van der Waals surface area contributed by atoms with Crippen LogP contribution >= 0.6 is 11.6 Å². The molecule has 0 aromatic heterocycles. The average Bonchev–Trinajstić information content (AvgIpc) is 2.88. The fourth-order valence-corrected chi connectivity index (χ4v) is 2.40. The second-order valence-electron chi connectivity index (χ2n) is 4.94. The largest absolute Gasteiger partial charge is 0.396 e. The van der Waals surface area contributed by atoms with Crippen LogP contribution in [0.2, 0.25) is 5.02 Å². The minimum Gasteiger partial charge on any atom is -0.396 e. The van der Waals surface area contributed by atoms with Gasteiger partial charge in [-0.2, -0.15) is 0 Å². The van der Waals surface area contributed by atoms with E-state index in [1.54, 1.807) is 25.1 Å². The van der Waals surface area contributed by atoms with E-state index in [1.807, 2.05) is 0 Å². The third-order valence-corrected chi connectivity index (χ3v) is 3.69. The van der Waals surface area contributed by atoms with Crippen molar-refractivity contribution in [1.29, 1.82) is 0 Å². The van der Waals surface area contributed by atoms with Gasteiger partial charge in [-0.25, -0.2) is 0 Å². The van der Waals surface area contributed by atoms with Crippen LogP contribution in [0.1, 0.15) is 12.5 Å². The molecule has 0 bridgehead atoms. The molecular formula is C14H17ClN2O3. The molecule has 0 fully saturated rings. The van der Waals surface area contributed by atoms with Crippen LogP contribution in [-0.4, -0.2) is 36.6 Å². The Kier molecular flexibility index (Phi) is 4.62. The monoisotopic (exact) mass is 296 g/mol. The van der Waals surface area contributed by atoms with Crippen molar-refractivity contribution >= 4 is 29.1 Å². The molecule has 0 saturated carbocycles. The number of nitrogens with zero attached hydrogens (tertiary/aromatic N) is 1. The van der Waals surface area contributed by atoms with Gasteiger partial charge in [0.15, 0.2) is 0 Å². The van der Waals surface area contributed by atoms with E-state index >= 15 is 0 Å². The number of carbonyl (C=O) groups excluding carboxylic acids is 2. The van der Waals surface area contributed by atoms with E-state index in [0.29, 0.717) is 23.7 Å². The van der Waals surface area contributed by atoms with Crippen molar-refractivity contribution in [3.05, 3.63) is 28.8 Å². The van der Waals surface area contributed by atoms with Gasteiger partial charge in [-0.3, -0.25) is 9.59 Å². The summed E-state index contributed by atoms with van der Waals surface area (Å²) < 4.78 is 0. The van der Waals surface area contributed by atoms with Crippen molar-refractivity contribution in [2.75, 3.05) is 24.6 Å². The van der Waals surface area contributed by atoms with Gasteiger partial charge in [-0.1, -0.05) is 24.6 Å². The maximum Gasteiger partial charge on any atom is 0.316 e. The highest BCUT2D eigenvalue weighted by Gasteiger charge is 2.30. The number of carbonyl (C=O) groups is 2. The molecule has 2 amide bonds. The highest BCUT2D eigenvalue weighted by atomic mass is 35.5. The molecule has 1 heterocycles. The smallest absolute Gasteiger partial charge is 0.316 e. The van der Waals surface area contributed by atoms with Gasteiger partial charge in [0, 0.05) is 30.4 Å². The number of hydrogen-bond acceptors (Lipinski definition) is 3. The minimum atomic E-state index is -0.655. The van der Waals surface area contributed by atoms with Crippen LogP contribution < -0.4 is 10.2 Å². The first-order valence-electron chi connectivity index (χ1n) is 6.52. The Balaban J connectivity index is 2.05. The van der Waals surface area contributed by atoms with Gasteiger partial charge >= 0.3 is 11.8 Å². The third-order valence-electron chi connectivity index (χ3n) is 3.33. The molecule has 1 aromatic carbocycles. The third kappa shape index (κ3) is 2.94. The van der Waals surface area contributed by atoms with Gasteiger partial charge < -0.3 is 15.3 Å². The number of fused-ring (bicyclic) bond motifs is 1. The number of rotatable bonds is 3. The molecule has 108 valence electrons. The maximum absolute atomic E-state index is 12.1. The van der Waals surface area contributed by atoms with Crippen molar-refractivity contribution in [2.24, 2.45) is 5.92 Å². The normalized spacial score (nSPS) is 14.8. The molecule has 0 radical (unpaired) electrons. The first-order valence-corrected chi connectivity index (χ1v) is 6.90. The van der Waals surface area contributed by atoms with E-state index in [0.717, 1.165) is 5.56 Å². The van der Waals surface area contributed by atoms with E-state index < -0.39 is 11.8 Å². The van der Waals surface area contributed by atoms with E-state index in [4.69, 9.17) is 16.7 Å². The number of aliphatic hydroxyl groups is 1. The van der Waals surface area contributed by atoms with E-state index in [9.17, 15) is 9.59 Å². The lowest BCUT2D eigenvalue weighted by molar-refractivity contribution is -0.137. The fraction of sp³-hybridized carbons (Fsp3) is 0.429. The lowest BCUT2D eigenvalue weighted by Gasteiger charge is -2.17. The first-order chi connectivity index (χ1) is 9.54. The molecular weight excluding hydrogens is 280 g/mol. The van der Waals surface area contributed by atoms with Crippen LogP contribution in [0.3, 0.4) is 0 Å². The van der Waals surface area contributed by atoms with Gasteiger partial charge in [-0.15, -0.1) is 0 Å². The van der Waals surface area contributed by atoms with E-state index in [1.165, 1.54) is 4.90 Å². The Morgan fingerprint density at radius 3 is 2.95 bits per heavy atom. The van der Waals surface area contributed by atoms with Gasteiger partial charge in [0.1, 0.15) is 0 Å². The first kappa shape index (κ1) is 14.8. The quantitative estimate of drug-likeness (QED) is 0.817. The van der Waals surface area contributed by atoms with Crippen LogP contribution in [0.4, 0.5) is 5.69 Å². The minimum absolute atomic E-state index is 0.0311. The molecule has 0 spiro atoms. The molecule has 1 aliphatic heterocycles. The molecule has 6 heteroatoms. The summed E-state index contributed by atoms with van der Waals surface area (Å²) in [6.45, 7) is 2.49. The molecule has 2 N–H and O–H groups in total. The lowest BCUT2D eigenvalue weighted by Crippen LogP contribution is -2.43. The van der Waals surface area contributed by atoms with Crippen LogP contribution in [0.5, 0.6) is 0 Å². The zero-order chi connectivity index (χ0) is 14.7. The molecule has 0 saturated heterocycles. The Labute approximate surface area is 122 Å². The summed E-state index contributed by atoms with van der Waals surface area (Å²) in [5, 5.41) is 12.0. The predicted octanol–water partition coefficient (Wildman–Crippen LogP) is 0.974. The molecule has 20 heavy (non-hydrogen) atoms. The highest BCUT2D eigenvalue weighted by molar-refractivity contribution is 6.41. The van der Waals surface area contributed by atoms with Crippen molar-refractivity contribution in [3.63, 3.8) is 0 Å². The van der Waals surface area contributed by atoms with Gasteiger partial charge in [0.2, 0.25) is 0 Å². The molecule has 1 unspecified atom stereocenters. The molecule has 1 aliphatic rings. The van der Waals surface area contributed by atoms with Crippen molar-refractivity contribution < 1.29 is 14.7 Å². The van der Waals surface area contributed by atoms with Gasteiger partial charge in [0.05, 0.1) is 0 Å². The summed E-state index contributed by atoms with van der Waals surface area (Å²) in [7, 11) is 0. The fourth-order valence-electron chi connectivity index (χ4n) is 2.13. The van der Waals surface area contributed by atoms with Crippen LogP contribution in [0, 0.1) is 5.92 Å². The summed E-state index contributed by atoms with van der Waals surface area (Å²) in [5.74, 6) is -1.32. The Hall–Kier alpha value is -1.59. The number of nitrogens with one attached hydrogen (secondary N) is 1. The lowest BCUT2D eigenvalue weighted by atomic mass is 10.2. The van der Waals surface area contributed by atoms with Gasteiger partial charge in [0.25, 0.3) is 0 Å². The predicted molar refractivity (Wildman–Crippen MR) is 76.8 cm³/mol. The second-order valence-corrected chi connectivity index (χ2v) is 5.35. The summed E-state index contributed by atoms with van der Waals surface area (Å²) in [6, 6.07) is 5.33. The van der Waals surface area contributed by atoms with Gasteiger partial charge in [-0.05, 0) is 30.0 Å². The van der Waals surface area contributed by atoms with Crippen LogP contribution in [-0.2, 0) is 16.0 Å². The zero-order valence-electron chi connectivity index (χ0n) is 11.2. The summed E-state index contributed by atoms with van der Waals surface area (Å²) in [5.41, 5.74) is 1.60. The Morgan fingerprint density at radius 2 is 2.25 bits per heavy atom. The number of aliphatic hydroxyl groups excluding tert-OH is 1.